The van der Waals surface area contributed by atoms with Crippen LogP contribution in [0.4, 0.5) is 0 Å². The average molecular weight is 711 g/mol. The van der Waals surface area contributed by atoms with E-state index in [4.69, 9.17) is 0 Å². The summed E-state index contributed by atoms with van der Waals surface area (Å²) in [4.78, 5) is 13.5. The topological polar surface area (TPSA) is 77.8 Å². The molecule has 2 saturated carbocycles. The summed E-state index contributed by atoms with van der Waals surface area (Å²) < 4.78 is 0. The van der Waals surface area contributed by atoms with Crippen molar-refractivity contribution in [2.24, 2.45) is 29.6 Å². The zero-order valence-electron chi connectivity index (χ0n) is 31.4. The minimum atomic E-state index is -0.658. The lowest BCUT2D eigenvalue weighted by atomic mass is 9.54. The molecule has 0 heterocycles. The molecular weight excluding hydrogens is 653 g/mol. The fourth-order valence-corrected chi connectivity index (χ4v) is 11.6. The van der Waals surface area contributed by atoms with Gasteiger partial charge in [0.25, 0.3) is 0 Å². The fraction of sp³-hybridized carbons (Fsp3) is 0.490. The monoisotopic (exact) mass is 710 g/mol. The van der Waals surface area contributed by atoms with Crippen molar-refractivity contribution in [1.29, 1.82) is 0 Å². The van der Waals surface area contributed by atoms with E-state index in [9.17, 15) is 20.1 Å². The molecule has 0 amide bonds. The number of carbonyl (C=O) groups is 1. The first-order chi connectivity index (χ1) is 25.8. The van der Waals surface area contributed by atoms with Gasteiger partial charge in [-0.25, -0.2) is 0 Å². The van der Waals surface area contributed by atoms with Crippen LogP contribution in [0.2, 0.25) is 0 Å². The molecule has 0 unspecified atom stereocenters. The van der Waals surface area contributed by atoms with E-state index < -0.39 is 17.3 Å². The van der Waals surface area contributed by atoms with E-state index >= 15 is 0 Å². The van der Waals surface area contributed by atoms with Crippen molar-refractivity contribution in [3.05, 3.63) is 123 Å². The summed E-state index contributed by atoms with van der Waals surface area (Å²) in [6, 6.07) is 25.9. The van der Waals surface area contributed by atoms with E-state index in [-0.39, 0.29) is 12.0 Å². The highest BCUT2D eigenvalue weighted by Gasteiger charge is 2.50. The number of benzene rings is 3. The first kappa shape index (κ1) is 36.1. The van der Waals surface area contributed by atoms with Crippen LogP contribution in [0.15, 0.2) is 96.1 Å². The van der Waals surface area contributed by atoms with Gasteiger partial charge >= 0.3 is 5.97 Å². The molecule has 4 bridgehead atoms. The Labute approximate surface area is 316 Å². The van der Waals surface area contributed by atoms with E-state index in [0.717, 1.165) is 57.8 Å². The average Bonchev–Trinajstić information content (AvgIpc) is 3.64. The summed E-state index contributed by atoms with van der Waals surface area (Å²) >= 11 is 0. The van der Waals surface area contributed by atoms with Crippen LogP contribution >= 0.6 is 0 Å². The summed E-state index contributed by atoms with van der Waals surface area (Å²) in [5.74, 6) is 1.03. The first-order valence-electron chi connectivity index (χ1n) is 20.7. The first-order valence-corrected chi connectivity index (χ1v) is 20.7. The van der Waals surface area contributed by atoms with Gasteiger partial charge in [-0.1, -0.05) is 116 Å². The number of rotatable bonds is 10. The molecule has 9 rings (SSSR count). The Hall–Kier alpha value is -3.89. The number of hydrogen-bond donors (Lipinski definition) is 3. The van der Waals surface area contributed by atoms with Crippen LogP contribution in [0, 0.1) is 29.6 Å². The highest BCUT2D eigenvalue weighted by molar-refractivity contribution is 5.73. The lowest BCUT2D eigenvalue weighted by Gasteiger charge is -2.49. The minimum absolute atomic E-state index is 0.0506. The Morgan fingerprint density at radius 3 is 2.28 bits per heavy atom. The van der Waals surface area contributed by atoms with Crippen LogP contribution in [0.5, 0.6) is 5.75 Å². The molecule has 3 aromatic carbocycles. The number of phenols is 1. The van der Waals surface area contributed by atoms with E-state index in [1.54, 1.807) is 0 Å². The van der Waals surface area contributed by atoms with E-state index in [2.05, 4.69) is 85.0 Å². The fourth-order valence-electron chi connectivity index (χ4n) is 11.6. The SMILES string of the molecule is O=C(O)[C@H]1C/C=C2/CC[C@@](c3ccc(O)cc3)(Cc3cccc(c3)[C@@]13CC[C@@H]1C=c4ccccc4=C[C@@H]1C3)[C@H](CCCCCC[C@@H]1C=C(CO)CC1)C2. The molecule has 7 atom stereocenters. The molecule has 4 nitrogen and oxygen atoms in total. The standard InChI is InChI=1S/C49H58O4/c50-33-37-15-14-34(26-37)8-3-1-2-4-12-43-27-35-16-21-46(47(52)53)49(25-23-40-29-38-10-5-6-11-39(38)30-41(40)32-49)44-13-7-9-36(28-44)31-48(43,24-22-35)42-17-19-45(51)20-18-42/h5-7,9-11,13,16-20,26,28-30,34,40-41,43,46,50-51H,1-4,8,12,14-15,21-25,27,31-33H2,(H,52,53)/b35-16-/t34-,40+,41+,43+,46+,48-,49-/m0/s1. The molecule has 3 N–H and O–H groups in total. The molecule has 278 valence electrons. The Kier molecular flexibility index (Phi) is 10.5. The number of allylic oxidation sites excluding steroid dienone is 3. The Morgan fingerprint density at radius 2 is 1.53 bits per heavy atom. The maximum atomic E-state index is 13.5. The van der Waals surface area contributed by atoms with Crippen LogP contribution in [0.1, 0.15) is 113 Å². The van der Waals surface area contributed by atoms with Crippen molar-refractivity contribution in [1.82, 2.24) is 0 Å². The van der Waals surface area contributed by atoms with Gasteiger partial charge in [0.2, 0.25) is 0 Å². The molecular formula is C49H58O4. The molecule has 6 aliphatic rings. The summed E-state index contributed by atoms with van der Waals surface area (Å²) in [5.41, 5.74) is 6.04. The number of carboxylic acids is 1. The number of unbranched alkanes of at least 4 members (excludes halogenated alkanes) is 3. The molecule has 0 aromatic heterocycles. The number of aromatic hydroxyl groups is 1. The van der Waals surface area contributed by atoms with Crippen molar-refractivity contribution >= 4 is 18.1 Å². The van der Waals surface area contributed by atoms with Gasteiger partial charge in [-0.3, -0.25) is 4.79 Å². The summed E-state index contributed by atoms with van der Waals surface area (Å²) in [7, 11) is 0. The number of hydrogen-bond acceptors (Lipinski definition) is 3. The van der Waals surface area contributed by atoms with Gasteiger partial charge in [0.15, 0.2) is 0 Å². The normalized spacial score (nSPS) is 31.5. The van der Waals surface area contributed by atoms with Gasteiger partial charge < -0.3 is 15.3 Å². The second kappa shape index (κ2) is 15.5. The van der Waals surface area contributed by atoms with Crippen molar-refractivity contribution in [2.75, 3.05) is 6.61 Å². The number of carboxylic acid groups (broad SMARTS) is 1. The predicted molar refractivity (Wildman–Crippen MR) is 214 cm³/mol. The molecule has 2 fully saturated rings. The van der Waals surface area contributed by atoms with E-state index in [1.165, 1.54) is 76.8 Å². The molecule has 4 heteroatoms. The number of aliphatic hydroxyl groups is 1. The van der Waals surface area contributed by atoms with E-state index in [1.807, 2.05) is 12.1 Å². The van der Waals surface area contributed by atoms with Crippen molar-refractivity contribution in [3.63, 3.8) is 0 Å². The minimum Gasteiger partial charge on any atom is -0.508 e. The number of phenolic OH excluding ortho intramolecular Hbond substituents is 1. The van der Waals surface area contributed by atoms with Crippen LogP contribution in [0.25, 0.3) is 12.2 Å². The largest absolute Gasteiger partial charge is 0.508 e. The maximum absolute atomic E-state index is 13.5. The predicted octanol–water partition coefficient (Wildman–Crippen LogP) is 9.30. The highest BCUT2D eigenvalue weighted by atomic mass is 16.4. The number of fused-ring (bicyclic) bond motifs is 6. The number of aliphatic hydroxyl groups excluding tert-OH is 1. The third-order valence-corrected chi connectivity index (χ3v) is 14.5. The van der Waals surface area contributed by atoms with Gasteiger partial charge in [0.1, 0.15) is 5.75 Å². The van der Waals surface area contributed by atoms with Crippen LogP contribution < -0.4 is 10.4 Å². The molecule has 0 radical (unpaired) electrons. The second-order valence-electron chi connectivity index (χ2n) is 17.4. The quantitative estimate of drug-likeness (QED) is 0.145. The number of aliphatic carboxylic acids is 1. The Balaban J connectivity index is 1.10. The zero-order valence-corrected chi connectivity index (χ0v) is 31.4. The van der Waals surface area contributed by atoms with Gasteiger partial charge in [-0.15, -0.1) is 0 Å². The van der Waals surface area contributed by atoms with Crippen LogP contribution in [-0.4, -0.2) is 27.9 Å². The maximum Gasteiger partial charge on any atom is 0.307 e. The van der Waals surface area contributed by atoms with Crippen LogP contribution in [-0.2, 0) is 22.0 Å². The summed E-state index contributed by atoms with van der Waals surface area (Å²) in [5, 5.41) is 33.5. The van der Waals surface area contributed by atoms with Crippen LogP contribution in [0.3, 0.4) is 0 Å². The molecule has 3 aromatic rings. The molecule has 53 heavy (non-hydrogen) atoms. The van der Waals surface area contributed by atoms with Gasteiger partial charge in [-0.05, 0) is 146 Å². The highest BCUT2D eigenvalue weighted by Crippen LogP contribution is 2.55. The molecule has 0 saturated heterocycles. The summed E-state index contributed by atoms with van der Waals surface area (Å²) in [6.45, 7) is 0.215. The smallest absolute Gasteiger partial charge is 0.307 e. The molecule has 1 spiro atoms. The van der Waals surface area contributed by atoms with Gasteiger partial charge in [0, 0.05) is 10.8 Å². The van der Waals surface area contributed by atoms with Gasteiger partial charge in [0.05, 0.1) is 12.5 Å². The zero-order chi connectivity index (χ0) is 36.4. The third kappa shape index (κ3) is 7.33. The Morgan fingerprint density at radius 1 is 0.755 bits per heavy atom. The third-order valence-electron chi connectivity index (χ3n) is 14.5. The lowest BCUT2D eigenvalue weighted by Crippen LogP contribution is -2.47. The summed E-state index contributed by atoms with van der Waals surface area (Å²) in [6.07, 6.45) is 26.4. The van der Waals surface area contributed by atoms with Crippen molar-refractivity contribution < 1.29 is 20.1 Å². The van der Waals surface area contributed by atoms with E-state index in [0.29, 0.717) is 35.8 Å². The van der Waals surface area contributed by atoms with Crippen molar-refractivity contribution in [3.8, 4) is 5.75 Å². The molecule has 6 aliphatic carbocycles. The second-order valence-corrected chi connectivity index (χ2v) is 17.4. The lowest BCUT2D eigenvalue weighted by molar-refractivity contribution is -0.145. The molecule has 0 aliphatic heterocycles. The van der Waals surface area contributed by atoms with Gasteiger partial charge in [-0.2, -0.15) is 0 Å². The Bertz CT molecular complexity index is 1970. The van der Waals surface area contributed by atoms with Crippen molar-refractivity contribution in [2.45, 2.75) is 114 Å².